The number of carbonyl (C=O) groups is 1. The summed E-state index contributed by atoms with van der Waals surface area (Å²) in [5.74, 6) is 1.18. The van der Waals surface area contributed by atoms with Gasteiger partial charge in [-0.15, -0.1) is 0 Å². The SMILES string of the molecule is CC1(C)CN(CC(O)CN2CCc3ccccc3C2)C(=O)c2ccc(OC3CCNCC3)cc2O1. The van der Waals surface area contributed by atoms with Crippen LogP contribution in [-0.4, -0.2) is 77.9 Å². The predicted octanol–water partition coefficient (Wildman–Crippen LogP) is 2.85. The van der Waals surface area contributed by atoms with Crippen molar-refractivity contribution in [1.29, 1.82) is 0 Å². The Kier molecular flexibility index (Phi) is 7.00. The van der Waals surface area contributed by atoms with E-state index in [1.165, 1.54) is 11.1 Å². The normalized spacial score (nSPS) is 21.5. The number of nitrogens with one attached hydrogen (secondary N) is 1. The van der Waals surface area contributed by atoms with Crippen LogP contribution in [0.2, 0.25) is 0 Å². The third kappa shape index (κ3) is 5.80. The molecule has 3 aliphatic rings. The maximum Gasteiger partial charge on any atom is 0.257 e. The Labute approximate surface area is 208 Å². The maximum atomic E-state index is 13.5. The summed E-state index contributed by atoms with van der Waals surface area (Å²) in [6.45, 7) is 8.85. The molecule has 1 amide bonds. The van der Waals surface area contributed by atoms with Crippen molar-refractivity contribution >= 4 is 5.91 Å². The summed E-state index contributed by atoms with van der Waals surface area (Å²) < 4.78 is 12.5. The van der Waals surface area contributed by atoms with Gasteiger partial charge in [0.2, 0.25) is 0 Å². The molecule has 7 nitrogen and oxygen atoms in total. The van der Waals surface area contributed by atoms with Crippen LogP contribution >= 0.6 is 0 Å². The van der Waals surface area contributed by atoms with Crippen LogP contribution < -0.4 is 14.8 Å². The van der Waals surface area contributed by atoms with Crippen LogP contribution in [0.3, 0.4) is 0 Å². The number of amides is 1. The zero-order chi connectivity index (χ0) is 24.4. The molecule has 0 bridgehead atoms. The van der Waals surface area contributed by atoms with Crippen molar-refractivity contribution in [2.75, 3.05) is 39.3 Å². The van der Waals surface area contributed by atoms with Crippen LogP contribution in [0.5, 0.6) is 11.5 Å². The van der Waals surface area contributed by atoms with Gasteiger partial charge in [-0.1, -0.05) is 24.3 Å². The Hall–Kier alpha value is -2.61. The zero-order valence-corrected chi connectivity index (χ0v) is 20.8. The topological polar surface area (TPSA) is 74.3 Å². The molecular weight excluding hydrogens is 442 g/mol. The van der Waals surface area contributed by atoms with Crippen LogP contribution in [0.1, 0.15) is 48.2 Å². The first-order valence-corrected chi connectivity index (χ1v) is 12.8. The first kappa shape index (κ1) is 24.1. The second-order valence-corrected chi connectivity index (χ2v) is 10.7. The lowest BCUT2D eigenvalue weighted by Gasteiger charge is -2.33. The second kappa shape index (κ2) is 10.2. The molecule has 1 unspecified atom stereocenters. The van der Waals surface area contributed by atoms with Crippen LogP contribution in [0, 0.1) is 0 Å². The van der Waals surface area contributed by atoms with Gasteiger partial charge in [0.15, 0.2) is 0 Å². The molecule has 1 atom stereocenters. The average molecular weight is 480 g/mol. The predicted molar refractivity (Wildman–Crippen MR) is 135 cm³/mol. The van der Waals surface area contributed by atoms with Gasteiger partial charge in [-0.25, -0.2) is 0 Å². The molecule has 35 heavy (non-hydrogen) atoms. The van der Waals surface area contributed by atoms with Gasteiger partial charge >= 0.3 is 0 Å². The van der Waals surface area contributed by atoms with Gasteiger partial charge in [0.25, 0.3) is 5.91 Å². The zero-order valence-electron chi connectivity index (χ0n) is 20.8. The van der Waals surface area contributed by atoms with Crippen molar-refractivity contribution < 1.29 is 19.4 Å². The molecule has 0 spiro atoms. The lowest BCUT2D eigenvalue weighted by Crippen LogP contribution is -2.48. The van der Waals surface area contributed by atoms with E-state index < -0.39 is 11.7 Å². The van der Waals surface area contributed by atoms with Crippen LogP contribution in [0.25, 0.3) is 0 Å². The molecule has 1 saturated heterocycles. The smallest absolute Gasteiger partial charge is 0.257 e. The largest absolute Gasteiger partial charge is 0.490 e. The van der Waals surface area contributed by atoms with E-state index in [1.54, 1.807) is 11.0 Å². The molecule has 0 saturated carbocycles. The third-order valence-corrected chi connectivity index (χ3v) is 7.13. The molecule has 2 aromatic rings. The summed E-state index contributed by atoms with van der Waals surface area (Å²) in [6, 6.07) is 14.0. The average Bonchev–Trinajstić information content (AvgIpc) is 2.92. The van der Waals surface area contributed by atoms with E-state index in [4.69, 9.17) is 9.47 Å². The van der Waals surface area contributed by atoms with Gasteiger partial charge in [0, 0.05) is 32.2 Å². The van der Waals surface area contributed by atoms with E-state index in [-0.39, 0.29) is 18.6 Å². The molecule has 188 valence electrons. The summed E-state index contributed by atoms with van der Waals surface area (Å²) in [5, 5.41) is 14.3. The number of carbonyl (C=O) groups excluding carboxylic acids is 1. The Bertz CT molecular complexity index is 1050. The van der Waals surface area contributed by atoms with Crippen molar-refractivity contribution in [3.05, 3.63) is 59.2 Å². The highest BCUT2D eigenvalue weighted by Crippen LogP contribution is 2.33. The van der Waals surface area contributed by atoms with E-state index in [9.17, 15) is 9.90 Å². The standard InChI is InChI=1S/C28H37N3O4/c1-28(2)19-31(18-22(32)17-30-14-11-20-5-3-4-6-21(20)16-30)27(33)25-8-7-24(15-26(25)35-28)34-23-9-12-29-13-10-23/h3-8,15,22-23,29,32H,9-14,16-19H2,1-2H3. The Morgan fingerprint density at radius 3 is 2.71 bits per heavy atom. The maximum absolute atomic E-state index is 13.5. The van der Waals surface area contributed by atoms with Crippen molar-refractivity contribution in [3.8, 4) is 11.5 Å². The quantitative estimate of drug-likeness (QED) is 0.664. The minimum Gasteiger partial charge on any atom is -0.490 e. The molecule has 3 aliphatic heterocycles. The molecule has 0 aromatic heterocycles. The van der Waals surface area contributed by atoms with Crippen LogP contribution in [-0.2, 0) is 13.0 Å². The number of aliphatic hydroxyl groups excluding tert-OH is 1. The van der Waals surface area contributed by atoms with Crippen LogP contribution in [0.15, 0.2) is 42.5 Å². The lowest BCUT2D eigenvalue weighted by atomic mass is 9.99. The van der Waals surface area contributed by atoms with Gasteiger partial charge < -0.3 is 24.8 Å². The molecule has 3 heterocycles. The molecule has 0 radical (unpaired) electrons. The molecule has 0 aliphatic carbocycles. The minimum absolute atomic E-state index is 0.109. The highest BCUT2D eigenvalue weighted by Gasteiger charge is 2.35. The number of hydrogen-bond acceptors (Lipinski definition) is 6. The second-order valence-electron chi connectivity index (χ2n) is 10.7. The number of benzene rings is 2. The molecular formula is C28H37N3O4. The first-order valence-electron chi connectivity index (χ1n) is 12.8. The number of fused-ring (bicyclic) bond motifs is 2. The number of ether oxygens (including phenoxy) is 2. The minimum atomic E-state index is -0.635. The van der Waals surface area contributed by atoms with E-state index in [0.29, 0.717) is 24.4 Å². The van der Waals surface area contributed by atoms with E-state index in [0.717, 1.165) is 51.2 Å². The Balaban J connectivity index is 1.26. The summed E-state index contributed by atoms with van der Waals surface area (Å²) in [5.41, 5.74) is 2.65. The fourth-order valence-electron chi connectivity index (χ4n) is 5.44. The lowest BCUT2D eigenvalue weighted by molar-refractivity contribution is 0.0287. The van der Waals surface area contributed by atoms with Crippen molar-refractivity contribution in [2.45, 2.75) is 57.5 Å². The number of aliphatic hydroxyl groups is 1. The molecule has 5 rings (SSSR count). The summed E-state index contributed by atoms with van der Waals surface area (Å²) >= 11 is 0. The number of rotatable bonds is 6. The Morgan fingerprint density at radius 1 is 1.14 bits per heavy atom. The molecule has 2 N–H and O–H groups in total. The third-order valence-electron chi connectivity index (χ3n) is 7.13. The van der Waals surface area contributed by atoms with E-state index in [1.807, 2.05) is 26.0 Å². The van der Waals surface area contributed by atoms with Crippen LogP contribution in [0.4, 0.5) is 0 Å². The number of piperidine rings is 1. The summed E-state index contributed by atoms with van der Waals surface area (Å²) in [7, 11) is 0. The molecule has 2 aromatic carbocycles. The summed E-state index contributed by atoms with van der Waals surface area (Å²) in [6.07, 6.45) is 2.47. The van der Waals surface area contributed by atoms with Gasteiger partial charge in [0.05, 0.1) is 18.2 Å². The highest BCUT2D eigenvalue weighted by atomic mass is 16.5. The monoisotopic (exact) mass is 479 g/mol. The van der Waals surface area contributed by atoms with Crippen molar-refractivity contribution in [3.63, 3.8) is 0 Å². The van der Waals surface area contributed by atoms with Gasteiger partial charge in [-0.3, -0.25) is 9.69 Å². The van der Waals surface area contributed by atoms with Crippen molar-refractivity contribution in [2.24, 2.45) is 0 Å². The summed E-state index contributed by atoms with van der Waals surface area (Å²) in [4.78, 5) is 17.5. The van der Waals surface area contributed by atoms with Gasteiger partial charge in [0.1, 0.15) is 23.2 Å². The van der Waals surface area contributed by atoms with Gasteiger partial charge in [-0.05, 0) is 69.5 Å². The van der Waals surface area contributed by atoms with Gasteiger partial charge in [-0.2, -0.15) is 0 Å². The fourth-order valence-corrected chi connectivity index (χ4v) is 5.44. The first-order chi connectivity index (χ1) is 16.9. The van der Waals surface area contributed by atoms with E-state index in [2.05, 4.69) is 34.5 Å². The molecule has 7 heteroatoms. The number of nitrogens with zero attached hydrogens (tertiary/aromatic N) is 2. The fraction of sp³-hybridized carbons (Fsp3) is 0.536. The highest BCUT2D eigenvalue weighted by molar-refractivity contribution is 5.97. The number of hydrogen-bond donors (Lipinski definition) is 2. The Morgan fingerprint density at radius 2 is 1.91 bits per heavy atom. The number of β-amino-alcohol motifs (C(OH)–C–C–N with tert-alkyl or cyclic N) is 1. The molecule has 1 fully saturated rings. The van der Waals surface area contributed by atoms with E-state index >= 15 is 0 Å². The van der Waals surface area contributed by atoms with Crippen molar-refractivity contribution in [1.82, 2.24) is 15.1 Å².